The Hall–Kier alpha value is -3.55. The second-order valence-electron chi connectivity index (χ2n) is 7.53. The van der Waals surface area contributed by atoms with E-state index in [1.807, 2.05) is 0 Å². The summed E-state index contributed by atoms with van der Waals surface area (Å²) in [5.41, 5.74) is 1.47. The standard InChI is InChI=1S/C25H20Cl2N2O5/c1-33-17-7-5-15(6-8-17)21-20(22(30)16-10-18(26)24(34-2)19(27)11-16)23(31)25(32)29(21)13-14-4-3-9-28-12-14/h3-12,21,30H,13H2,1-2H3/b22-20+. The first-order valence-corrected chi connectivity index (χ1v) is 11.0. The summed E-state index contributed by atoms with van der Waals surface area (Å²) in [5.74, 6) is -1.09. The number of ether oxygens (including phenoxy) is 2. The van der Waals surface area contributed by atoms with E-state index in [1.165, 1.54) is 24.1 Å². The molecule has 1 atom stereocenters. The summed E-state index contributed by atoms with van der Waals surface area (Å²) in [7, 11) is 2.96. The van der Waals surface area contributed by atoms with Gasteiger partial charge in [0.05, 0.1) is 35.9 Å². The Bertz CT molecular complexity index is 1250. The molecule has 0 aliphatic carbocycles. The number of aliphatic hydroxyl groups excluding tert-OH is 1. The third kappa shape index (κ3) is 4.32. The number of hydrogen-bond donors (Lipinski definition) is 1. The number of pyridine rings is 1. The van der Waals surface area contributed by atoms with Crippen molar-refractivity contribution in [2.75, 3.05) is 14.2 Å². The number of amides is 1. The Kier molecular flexibility index (Phi) is 6.77. The van der Waals surface area contributed by atoms with Gasteiger partial charge in [0.1, 0.15) is 11.5 Å². The van der Waals surface area contributed by atoms with Crippen molar-refractivity contribution in [2.24, 2.45) is 0 Å². The van der Waals surface area contributed by atoms with Crippen molar-refractivity contribution in [3.05, 3.63) is 93.2 Å². The van der Waals surface area contributed by atoms with E-state index in [9.17, 15) is 14.7 Å². The van der Waals surface area contributed by atoms with Gasteiger partial charge < -0.3 is 19.5 Å². The van der Waals surface area contributed by atoms with Gasteiger partial charge in [-0.1, -0.05) is 41.4 Å². The van der Waals surface area contributed by atoms with Gasteiger partial charge in [-0.15, -0.1) is 0 Å². The van der Waals surface area contributed by atoms with Crippen molar-refractivity contribution in [3.8, 4) is 11.5 Å². The molecule has 0 saturated carbocycles. The highest BCUT2D eigenvalue weighted by Crippen LogP contribution is 2.42. The molecule has 1 amide bonds. The van der Waals surface area contributed by atoms with Gasteiger partial charge in [0.2, 0.25) is 0 Å². The van der Waals surface area contributed by atoms with E-state index in [4.69, 9.17) is 32.7 Å². The lowest BCUT2D eigenvalue weighted by atomic mass is 9.95. The summed E-state index contributed by atoms with van der Waals surface area (Å²) in [6.07, 6.45) is 3.24. The number of aliphatic hydroxyl groups is 1. The number of halogens is 2. The summed E-state index contributed by atoms with van der Waals surface area (Å²) in [6.45, 7) is 0.121. The first kappa shape index (κ1) is 23.6. The topological polar surface area (TPSA) is 89.0 Å². The Labute approximate surface area is 206 Å². The lowest BCUT2D eigenvalue weighted by molar-refractivity contribution is -0.140. The largest absolute Gasteiger partial charge is 0.507 e. The van der Waals surface area contributed by atoms with Gasteiger partial charge in [-0.05, 0) is 41.5 Å². The van der Waals surface area contributed by atoms with Crippen LogP contribution in [0.25, 0.3) is 5.76 Å². The Morgan fingerprint density at radius 2 is 1.74 bits per heavy atom. The van der Waals surface area contributed by atoms with E-state index in [2.05, 4.69) is 4.98 Å². The summed E-state index contributed by atoms with van der Waals surface area (Å²) in [5, 5.41) is 11.5. The Balaban J connectivity index is 1.88. The highest BCUT2D eigenvalue weighted by molar-refractivity contribution is 6.46. The lowest BCUT2D eigenvalue weighted by Gasteiger charge is -2.25. The highest BCUT2D eigenvalue weighted by Gasteiger charge is 2.46. The van der Waals surface area contributed by atoms with E-state index < -0.39 is 17.7 Å². The van der Waals surface area contributed by atoms with Crippen molar-refractivity contribution < 1.29 is 24.2 Å². The number of methoxy groups -OCH3 is 2. The first-order chi connectivity index (χ1) is 16.3. The molecule has 2 aromatic carbocycles. The molecular weight excluding hydrogens is 479 g/mol. The minimum atomic E-state index is -0.856. The van der Waals surface area contributed by atoms with Crippen LogP contribution >= 0.6 is 23.2 Å². The number of ketones is 1. The van der Waals surface area contributed by atoms with E-state index in [-0.39, 0.29) is 39.2 Å². The number of rotatable bonds is 6. The molecule has 1 N–H and O–H groups in total. The maximum atomic E-state index is 13.2. The maximum Gasteiger partial charge on any atom is 0.295 e. The fourth-order valence-electron chi connectivity index (χ4n) is 3.91. The summed E-state index contributed by atoms with van der Waals surface area (Å²) < 4.78 is 10.4. The number of carbonyl (C=O) groups is 2. The molecule has 1 aliphatic rings. The third-order valence-electron chi connectivity index (χ3n) is 5.52. The van der Waals surface area contributed by atoms with Crippen molar-refractivity contribution >= 4 is 40.7 Å². The van der Waals surface area contributed by atoms with E-state index >= 15 is 0 Å². The molecule has 1 fully saturated rings. The zero-order valence-electron chi connectivity index (χ0n) is 18.3. The fourth-order valence-corrected chi connectivity index (χ4v) is 4.55. The summed E-state index contributed by atoms with van der Waals surface area (Å²) in [4.78, 5) is 31.8. The number of carbonyl (C=O) groups excluding carboxylic acids is 2. The highest BCUT2D eigenvalue weighted by atomic mass is 35.5. The van der Waals surface area contributed by atoms with E-state index in [1.54, 1.807) is 55.9 Å². The number of benzene rings is 2. The predicted molar refractivity (Wildman–Crippen MR) is 128 cm³/mol. The van der Waals surface area contributed by atoms with Crippen LogP contribution in [0.3, 0.4) is 0 Å². The minimum absolute atomic E-state index is 0.0728. The van der Waals surface area contributed by atoms with Gasteiger partial charge in [0.15, 0.2) is 5.75 Å². The SMILES string of the molecule is COc1ccc(C2/C(=C(\O)c3cc(Cl)c(OC)c(Cl)c3)C(=O)C(=O)N2Cc2cccnc2)cc1. The quantitative estimate of drug-likeness (QED) is 0.291. The molecule has 0 radical (unpaired) electrons. The van der Waals surface area contributed by atoms with Crippen LogP contribution in [0.5, 0.6) is 11.5 Å². The molecule has 1 aliphatic heterocycles. The smallest absolute Gasteiger partial charge is 0.295 e. The average Bonchev–Trinajstić information content (AvgIpc) is 3.09. The van der Waals surface area contributed by atoms with Crippen LogP contribution in [-0.4, -0.2) is 40.9 Å². The number of Topliss-reactive ketones (excluding diaryl/α,β-unsaturated/α-hetero) is 1. The molecule has 34 heavy (non-hydrogen) atoms. The number of likely N-dealkylation sites (tertiary alicyclic amines) is 1. The number of hydrogen-bond acceptors (Lipinski definition) is 6. The Morgan fingerprint density at radius 1 is 1.06 bits per heavy atom. The average molecular weight is 499 g/mol. The first-order valence-electron chi connectivity index (χ1n) is 10.2. The molecule has 4 rings (SSSR count). The fraction of sp³-hybridized carbons (Fsp3) is 0.160. The molecule has 0 bridgehead atoms. The third-order valence-corrected chi connectivity index (χ3v) is 6.08. The molecule has 2 heterocycles. The molecule has 1 aromatic heterocycles. The van der Waals surface area contributed by atoms with Gasteiger partial charge in [-0.3, -0.25) is 14.6 Å². The van der Waals surface area contributed by atoms with Gasteiger partial charge in [-0.2, -0.15) is 0 Å². The van der Waals surface area contributed by atoms with Crippen LogP contribution in [0, 0.1) is 0 Å². The monoisotopic (exact) mass is 498 g/mol. The van der Waals surface area contributed by atoms with Crippen molar-refractivity contribution in [1.29, 1.82) is 0 Å². The van der Waals surface area contributed by atoms with Crippen LogP contribution < -0.4 is 9.47 Å². The van der Waals surface area contributed by atoms with Gasteiger partial charge in [-0.25, -0.2) is 0 Å². The van der Waals surface area contributed by atoms with Crippen molar-refractivity contribution in [1.82, 2.24) is 9.88 Å². The van der Waals surface area contributed by atoms with Crippen LogP contribution in [-0.2, 0) is 16.1 Å². The maximum absolute atomic E-state index is 13.2. The van der Waals surface area contributed by atoms with Crippen LogP contribution in [0.4, 0.5) is 0 Å². The second kappa shape index (κ2) is 9.75. The zero-order valence-corrected chi connectivity index (χ0v) is 19.8. The van der Waals surface area contributed by atoms with Crippen LogP contribution in [0.15, 0.2) is 66.5 Å². The molecule has 1 saturated heterocycles. The molecule has 3 aromatic rings. The summed E-state index contributed by atoms with van der Waals surface area (Å²) in [6, 6.07) is 12.5. The van der Waals surface area contributed by atoms with E-state index in [0.717, 1.165) is 5.56 Å². The molecule has 9 heteroatoms. The minimum Gasteiger partial charge on any atom is -0.507 e. The van der Waals surface area contributed by atoms with Crippen LogP contribution in [0.1, 0.15) is 22.7 Å². The van der Waals surface area contributed by atoms with Gasteiger partial charge >= 0.3 is 0 Å². The molecule has 174 valence electrons. The molecule has 0 spiro atoms. The van der Waals surface area contributed by atoms with Crippen molar-refractivity contribution in [2.45, 2.75) is 12.6 Å². The van der Waals surface area contributed by atoms with Crippen molar-refractivity contribution in [3.63, 3.8) is 0 Å². The van der Waals surface area contributed by atoms with Gasteiger partial charge in [0, 0.05) is 24.5 Å². The van der Waals surface area contributed by atoms with E-state index in [0.29, 0.717) is 11.3 Å². The molecule has 7 nitrogen and oxygen atoms in total. The second-order valence-corrected chi connectivity index (χ2v) is 8.35. The van der Waals surface area contributed by atoms with Crippen LogP contribution in [0.2, 0.25) is 10.0 Å². The number of nitrogens with zero attached hydrogens (tertiary/aromatic N) is 2. The summed E-state index contributed by atoms with van der Waals surface area (Å²) >= 11 is 12.5. The van der Waals surface area contributed by atoms with Gasteiger partial charge in [0.25, 0.3) is 11.7 Å². The number of aromatic nitrogens is 1. The molecular formula is C25H20Cl2N2O5. The predicted octanol–water partition coefficient (Wildman–Crippen LogP) is 5.03. The zero-order chi connectivity index (χ0) is 24.4. The Morgan fingerprint density at radius 3 is 2.29 bits per heavy atom. The normalized spacial score (nSPS) is 17.2. The molecule has 1 unspecified atom stereocenters. The lowest BCUT2D eigenvalue weighted by Crippen LogP contribution is -2.29.